The van der Waals surface area contributed by atoms with Crippen LogP contribution in [0.5, 0.6) is 0 Å². The van der Waals surface area contributed by atoms with E-state index in [4.69, 9.17) is 16.7 Å². The summed E-state index contributed by atoms with van der Waals surface area (Å²) in [6, 6.07) is 2.39. The summed E-state index contributed by atoms with van der Waals surface area (Å²) in [7, 11) is -3.68. The first-order chi connectivity index (χ1) is 8.90. The Morgan fingerprint density at radius 1 is 1.37 bits per heavy atom. The molecule has 2 rings (SSSR count). The summed E-state index contributed by atoms with van der Waals surface area (Å²) in [5, 5.41) is 9.13. The van der Waals surface area contributed by atoms with Crippen molar-refractivity contribution in [3.8, 4) is 0 Å². The Labute approximate surface area is 120 Å². The number of aliphatic carboxylic acids is 1. The van der Waals surface area contributed by atoms with Crippen LogP contribution in [0.3, 0.4) is 0 Å². The van der Waals surface area contributed by atoms with E-state index in [1.807, 2.05) is 0 Å². The predicted molar refractivity (Wildman–Crippen MR) is 73.0 cm³/mol. The summed E-state index contributed by atoms with van der Waals surface area (Å²) >= 11 is 6.68. The molecule has 0 aliphatic heterocycles. The number of sulfonamides is 1. The van der Waals surface area contributed by atoms with Crippen molar-refractivity contribution < 1.29 is 18.3 Å². The molecule has 0 radical (unpaired) electrons. The van der Waals surface area contributed by atoms with Gasteiger partial charge in [-0.25, -0.2) is 13.1 Å². The molecule has 1 aromatic heterocycles. The van der Waals surface area contributed by atoms with Gasteiger partial charge in [-0.1, -0.05) is 24.4 Å². The Morgan fingerprint density at radius 3 is 2.63 bits per heavy atom. The van der Waals surface area contributed by atoms with Crippen LogP contribution in [0.25, 0.3) is 0 Å². The minimum Gasteiger partial charge on any atom is -0.481 e. The number of carbonyl (C=O) groups is 1. The fraction of sp³-hybridized carbons (Fsp3) is 0.545. The van der Waals surface area contributed by atoms with Crippen molar-refractivity contribution in [3.05, 3.63) is 16.5 Å². The lowest BCUT2D eigenvalue weighted by atomic mass is 9.85. The Bertz CT molecular complexity index is 569. The van der Waals surface area contributed by atoms with E-state index in [-0.39, 0.29) is 4.21 Å². The van der Waals surface area contributed by atoms with Gasteiger partial charge in [0, 0.05) is 6.04 Å². The van der Waals surface area contributed by atoms with Gasteiger partial charge < -0.3 is 5.11 Å². The van der Waals surface area contributed by atoms with Gasteiger partial charge >= 0.3 is 5.97 Å². The van der Waals surface area contributed by atoms with Crippen LogP contribution in [-0.4, -0.2) is 25.5 Å². The molecule has 1 aromatic rings. The number of nitrogens with one attached hydrogen (secondary N) is 1. The molecule has 0 spiro atoms. The number of hydrogen-bond acceptors (Lipinski definition) is 4. The molecule has 2 N–H and O–H groups in total. The first kappa shape index (κ1) is 14.8. The molecular weight excluding hydrogens is 310 g/mol. The van der Waals surface area contributed by atoms with E-state index in [9.17, 15) is 13.2 Å². The number of thiophene rings is 1. The second-order valence-electron chi connectivity index (χ2n) is 4.52. The summed E-state index contributed by atoms with van der Waals surface area (Å²) in [6.07, 6.45) is 2.71. The fourth-order valence-corrected chi connectivity index (χ4v) is 5.08. The Kier molecular flexibility index (Phi) is 4.50. The van der Waals surface area contributed by atoms with Crippen LogP contribution in [0.15, 0.2) is 16.3 Å². The van der Waals surface area contributed by atoms with Gasteiger partial charge in [-0.15, -0.1) is 11.3 Å². The Hall–Kier alpha value is -0.630. The smallest absolute Gasteiger partial charge is 0.308 e. The summed E-state index contributed by atoms with van der Waals surface area (Å²) in [5.41, 5.74) is 0. The third-order valence-corrected chi connectivity index (χ3v) is 6.42. The van der Waals surface area contributed by atoms with E-state index >= 15 is 0 Å². The van der Waals surface area contributed by atoms with Gasteiger partial charge in [0.2, 0.25) is 10.0 Å². The second kappa shape index (κ2) is 5.78. The highest BCUT2D eigenvalue weighted by Crippen LogP contribution is 2.29. The monoisotopic (exact) mass is 323 g/mol. The average molecular weight is 324 g/mol. The van der Waals surface area contributed by atoms with E-state index in [2.05, 4.69) is 4.72 Å². The van der Waals surface area contributed by atoms with Gasteiger partial charge in [0.1, 0.15) is 4.21 Å². The van der Waals surface area contributed by atoms with Crippen LogP contribution in [0.4, 0.5) is 0 Å². The molecule has 0 amide bonds. The zero-order chi connectivity index (χ0) is 14.0. The highest BCUT2D eigenvalue weighted by Gasteiger charge is 2.34. The molecule has 0 aromatic carbocycles. The minimum atomic E-state index is -3.68. The maximum absolute atomic E-state index is 12.1. The summed E-state index contributed by atoms with van der Waals surface area (Å²) in [5.74, 6) is -1.60. The molecule has 5 nitrogen and oxygen atoms in total. The third-order valence-electron chi connectivity index (χ3n) is 3.20. The molecule has 1 heterocycles. The largest absolute Gasteiger partial charge is 0.481 e. The van der Waals surface area contributed by atoms with Gasteiger partial charge in [0.15, 0.2) is 0 Å². The Morgan fingerprint density at radius 2 is 2.05 bits per heavy atom. The first-order valence-corrected chi connectivity index (χ1v) is 8.58. The van der Waals surface area contributed by atoms with Crippen LogP contribution in [0.1, 0.15) is 25.7 Å². The molecule has 2 unspecified atom stereocenters. The molecule has 1 saturated carbocycles. The van der Waals surface area contributed by atoms with Crippen LogP contribution in [-0.2, 0) is 14.8 Å². The highest BCUT2D eigenvalue weighted by molar-refractivity contribution is 7.91. The van der Waals surface area contributed by atoms with E-state index in [1.165, 1.54) is 12.1 Å². The number of rotatable bonds is 4. The van der Waals surface area contributed by atoms with Crippen molar-refractivity contribution in [2.75, 3.05) is 0 Å². The number of carboxylic acid groups (broad SMARTS) is 1. The molecule has 8 heteroatoms. The van der Waals surface area contributed by atoms with Crippen molar-refractivity contribution in [1.29, 1.82) is 0 Å². The minimum absolute atomic E-state index is 0.118. The maximum Gasteiger partial charge on any atom is 0.308 e. The summed E-state index contributed by atoms with van der Waals surface area (Å²) < 4.78 is 27.3. The lowest BCUT2D eigenvalue weighted by Crippen LogP contribution is -2.44. The van der Waals surface area contributed by atoms with Crippen molar-refractivity contribution in [2.45, 2.75) is 35.9 Å². The standard InChI is InChI=1S/C11H14ClNO4S2/c12-9-5-6-10(18-9)19(16,17)13-8-4-2-1-3-7(8)11(14)15/h5-8,13H,1-4H2,(H,14,15). The number of carboxylic acids is 1. The van der Waals surface area contributed by atoms with Crippen LogP contribution >= 0.6 is 22.9 Å². The van der Waals surface area contributed by atoms with Gasteiger partial charge in [-0.3, -0.25) is 4.79 Å². The quantitative estimate of drug-likeness (QED) is 0.890. The van der Waals surface area contributed by atoms with Gasteiger partial charge in [-0.05, 0) is 25.0 Å². The number of halogens is 1. The molecule has 1 aliphatic carbocycles. The molecule has 0 saturated heterocycles. The van der Waals surface area contributed by atoms with Gasteiger partial charge in [-0.2, -0.15) is 0 Å². The second-order valence-corrected chi connectivity index (χ2v) is 8.17. The van der Waals surface area contributed by atoms with E-state index < -0.39 is 28.0 Å². The lowest BCUT2D eigenvalue weighted by molar-refractivity contribution is -0.143. The predicted octanol–water partition coefficient (Wildman–Crippen LogP) is 2.32. The van der Waals surface area contributed by atoms with Crippen molar-refractivity contribution in [3.63, 3.8) is 0 Å². The summed E-state index contributed by atoms with van der Waals surface area (Å²) in [6.45, 7) is 0. The zero-order valence-electron chi connectivity index (χ0n) is 10.0. The van der Waals surface area contributed by atoms with E-state index in [0.29, 0.717) is 17.2 Å². The lowest BCUT2D eigenvalue weighted by Gasteiger charge is -2.28. The Balaban J connectivity index is 2.16. The topological polar surface area (TPSA) is 83.5 Å². The molecular formula is C11H14ClNO4S2. The molecule has 2 atom stereocenters. The van der Waals surface area contributed by atoms with Crippen molar-refractivity contribution in [1.82, 2.24) is 4.72 Å². The number of hydrogen-bond donors (Lipinski definition) is 2. The molecule has 1 aliphatic rings. The van der Waals surface area contributed by atoms with Crippen molar-refractivity contribution in [2.24, 2.45) is 5.92 Å². The molecule has 106 valence electrons. The van der Waals surface area contributed by atoms with E-state index in [0.717, 1.165) is 24.2 Å². The van der Waals surface area contributed by atoms with E-state index in [1.54, 1.807) is 0 Å². The first-order valence-electron chi connectivity index (χ1n) is 5.90. The normalized spacial score (nSPS) is 24.3. The van der Waals surface area contributed by atoms with Gasteiger partial charge in [0.05, 0.1) is 10.3 Å². The molecule has 1 fully saturated rings. The van der Waals surface area contributed by atoms with Crippen LogP contribution in [0.2, 0.25) is 4.34 Å². The van der Waals surface area contributed by atoms with Crippen LogP contribution < -0.4 is 4.72 Å². The third kappa shape index (κ3) is 3.47. The van der Waals surface area contributed by atoms with Crippen molar-refractivity contribution >= 4 is 38.9 Å². The van der Waals surface area contributed by atoms with Gasteiger partial charge in [0.25, 0.3) is 0 Å². The highest BCUT2D eigenvalue weighted by atomic mass is 35.5. The summed E-state index contributed by atoms with van der Waals surface area (Å²) in [4.78, 5) is 11.1. The fourth-order valence-electron chi connectivity index (χ4n) is 2.27. The average Bonchev–Trinajstić information content (AvgIpc) is 2.76. The SMILES string of the molecule is O=C(O)C1CCCCC1NS(=O)(=O)c1ccc(Cl)s1. The van der Waals surface area contributed by atoms with Crippen LogP contribution in [0, 0.1) is 5.92 Å². The molecule has 19 heavy (non-hydrogen) atoms. The molecule has 0 bridgehead atoms. The zero-order valence-corrected chi connectivity index (χ0v) is 12.4. The maximum atomic E-state index is 12.1.